The molecule has 0 bridgehead atoms. The molecular weight excluding hydrogens is 261 g/mol. The second kappa shape index (κ2) is 5.02. The number of halogens is 4. The Kier molecular flexibility index (Phi) is 3.62. The summed E-state index contributed by atoms with van der Waals surface area (Å²) < 4.78 is 37.2. The molecule has 0 unspecified atom stereocenters. The van der Waals surface area contributed by atoms with E-state index in [9.17, 15) is 13.2 Å². The lowest BCUT2D eigenvalue weighted by Crippen LogP contribution is -2.04. The van der Waals surface area contributed by atoms with E-state index in [-0.39, 0.29) is 0 Å². The van der Waals surface area contributed by atoms with Crippen molar-refractivity contribution in [2.45, 2.75) is 11.6 Å². The van der Waals surface area contributed by atoms with Crippen molar-refractivity contribution in [2.75, 3.05) is 0 Å². The smallest absolute Gasteiger partial charge is 0.166 e. The van der Waals surface area contributed by atoms with Gasteiger partial charge in [-0.3, -0.25) is 0 Å². The zero-order valence-corrected chi connectivity index (χ0v) is 10.0. The third-order valence-corrected chi connectivity index (χ3v) is 3.13. The Morgan fingerprint density at radius 3 is 1.78 bits per heavy atom. The molecule has 2 aromatic carbocycles. The molecular formula is C14H10ClF3. The van der Waals surface area contributed by atoms with Crippen molar-refractivity contribution in [3.8, 4) is 0 Å². The van der Waals surface area contributed by atoms with Gasteiger partial charge in [-0.25, -0.2) is 0 Å². The molecule has 0 fully saturated rings. The summed E-state index contributed by atoms with van der Waals surface area (Å²) in [5, 5.41) is -0.437. The van der Waals surface area contributed by atoms with E-state index in [0.29, 0.717) is 5.56 Å². The van der Waals surface area contributed by atoms with Crippen molar-refractivity contribution in [3.63, 3.8) is 0 Å². The predicted molar refractivity (Wildman–Crippen MR) is 65.6 cm³/mol. The quantitative estimate of drug-likeness (QED) is 0.671. The van der Waals surface area contributed by atoms with Gasteiger partial charge in [-0.15, -0.1) is 11.6 Å². The third kappa shape index (κ3) is 2.85. The lowest BCUT2D eigenvalue weighted by Gasteiger charge is -2.12. The highest BCUT2D eigenvalue weighted by atomic mass is 35.5. The maximum atomic E-state index is 12.4. The van der Waals surface area contributed by atoms with Crippen molar-refractivity contribution >= 4 is 11.6 Å². The van der Waals surface area contributed by atoms with Gasteiger partial charge >= 0.3 is 6.18 Å². The van der Waals surface area contributed by atoms with Crippen LogP contribution in [-0.4, -0.2) is 0 Å². The Morgan fingerprint density at radius 2 is 1.28 bits per heavy atom. The minimum absolute atomic E-state index is 0.437. The maximum Gasteiger partial charge on any atom is 0.416 e. The van der Waals surface area contributed by atoms with E-state index in [1.54, 1.807) is 0 Å². The topological polar surface area (TPSA) is 0 Å². The van der Waals surface area contributed by atoms with E-state index >= 15 is 0 Å². The summed E-state index contributed by atoms with van der Waals surface area (Å²) in [5.74, 6) is 0. The fourth-order valence-electron chi connectivity index (χ4n) is 1.66. The van der Waals surface area contributed by atoms with Gasteiger partial charge in [-0.2, -0.15) is 13.2 Å². The van der Waals surface area contributed by atoms with Gasteiger partial charge in [0.25, 0.3) is 0 Å². The third-order valence-electron chi connectivity index (χ3n) is 2.62. The van der Waals surface area contributed by atoms with E-state index < -0.39 is 17.1 Å². The molecule has 0 N–H and O–H groups in total. The van der Waals surface area contributed by atoms with Crippen LogP contribution in [0.25, 0.3) is 0 Å². The van der Waals surface area contributed by atoms with Crippen molar-refractivity contribution in [1.82, 2.24) is 0 Å². The molecule has 2 rings (SSSR count). The van der Waals surface area contributed by atoms with Crippen LogP contribution >= 0.6 is 11.6 Å². The number of benzene rings is 2. The Bertz CT molecular complexity index is 503. The molecule has 0 nitrogen and oxygen atoms in total. The van der Waals surface area contributed by atoms with Crippen LogP contribution in [0, 0.1) is 0 Å². The zero-order chi connectivity index (χ0) is 13.2. The molecule has 0 heterocycles. The van der Waals surface area contributed by atoms with Gasteiger partial charge in [0.15, 0.2) is 0 Å². The van der Waals surface area contributed by atoms with Crippen LogP contribution < -0.4 is 0 Å². The zero-order valence-electron chi connectivity index (χ0n) is 9.29. The first-order valence-corrected chi connectivity index (χ1v) is 5.78. The number of rotatable bonds is 2. The molecule has 0 aliphatic carbocycles. The van der Waals surface area contributed by atoms with Gasteiger partial charge in [0, 0.05) is 0 Å². The largest absolute Gasteiger partial charge is 0.416 e. The van der Waals surface area contributed by atoms with Gasteiger partial charge in [-0.1, -0.05) is 42.5 Å². The normalized spacial score (nSPS) is 13.3. The lowest BCUT2D eigenvalue weighted by atomic mass is 10.0. The molecule has 0 aliphatic rings. The van der Waals surface area contributed by atoms with E-state index in [0.717, 1.165) is 17.7 Å². The molecule has 0 amide bonds. The second-order valence-electron chi connectivity index (χ2n) is 3.89. The molecule has 0 aliphatic heterocycles. The van der Waals surface area contributed by atoms with Crippen molar-refractivity contribution in [2.24, 2.45) is 0 Å². The van der Waals surface area contributed by atoms with Crippen LogP contribution in [0.4, 0.5) is 13.2 Å². The SMILES string of the molecule is FC(F)(F)c1ccc([C@H](Cl)c2ccccc2)cc1. The Morgan fingerprint density at radius 1 is 0.778 bits per heavy atom. The highest BCUT2D eigenvalue weighted by molar-refractivity contribution is 6.22. The predicted octanol–water partition coefficient (Wildman–Crippen LogP) is 5.03. The van der Waals surface area contributed by atoms with E-state index in [4.69, 9.17) is 11.6 Å². The lowest BCUT2D eigenvalue weighted by molar-refractivity contribution is -0.137. The first-order chi connectivity index (χ1) is 8.48. The first kappa shape index (κ1) is 13.0. The molecule has 4 heteroatoms. The average molecular weight is 271 g/mol. The van der Waals surface area contributed by atoms with Crippen molar-refractivity contribution in [1.29, 1.82) is 0 Å². The van der Waals surface area contributed by atoms with Crippen LogP contribution in [0.15, 0.2) is 54.6 Å². The van der Waals surface area contributed by atoms with Gasteiger partial charge in [-0.05, 0) is 23.3 Å². The fraction of sp³-hybridized carbons (Fsp3) is 0.143. The van der Waals surface area contributed by atoms with Crippen LogP contribution in [0.2, 0.25) is 0 Å². The Hall–Kier alpha value is -1.48. The second-order valence-corrected chi connectivity index (χ2v) is 4.33. The van der Waals surface area contributed by atoms with E-state index in [1.807, 2.05) is 30.3 Å². The minimum Gasteiger partial charge on any atom is -0.166 e. The summed E-state index contributed by atoms with van der Waals surface area (Å²) in [6.45, 7) is 0. The van der Waals surface area contributed by atoms with Crippen LogP contribution in [0.5, 0.6) is 0 Å². The molecule has 2 aromatic rings. The van der Waals surface area contributed by atoms with Gasteiger partial charge < -0.3 is 0 Å². The molecule has 0 spiro atoms. The van der Waals surface area contributed by atoms with Gasteiger partial charge in [0.1, 0.15) is 0 Å². The van der Waals surface area contributed by atoms with Crippen LogP contribution in [0.3, 0.4) is 0 Å². The highest BCUT2D eigenvalue weighted by Crippen LogP contribution is 2.33. The van der Waals surface area contributed by atoms with Gasteiger partial charge in [0.2, 0.25) is 0 Å². The van der Waals surface area contributed by atoms with E-state index in [1.165, 1.54) is 12.1 Å². The fourth-order valence-corrected chi connectivity index (χ4v) is 1.95. The maximum absolute atomic E-state index is 12.4. The molecule has 0 aromatic heterocycles. The highest BCUT2D eigenvalue weighted by Gasteiger charge is 2.30. The summed E-state index contributed by atoms with van der Waals surface area (Å²) >= 11 is 6.22. The first-order valence-electron chi connectivity index (χ1n) is 5.34. The number of alkyl halides is 4. The van der Waals surface area contributed by atoms with E-state index in [2.05, 4.69) is 0 Å². The summed E-state index contributed by atoms with van der Waals surface area (Å²) in [4.78, 5) is 0. The molecule has 94 valence electrons. The van der Waals surface area contributed by atoms with Crippen molar-refractivity contribution in [3.05, 3.63) is 71.3 Å². The summed E-state index contributed by atoms with van der Waals surface area (Å²) in [6.07, 6.45) is -4.31. The summed E-state index contributed by atoms with van der Waals surface area (Å²) in [5.41, 5.74) is 0.845. The number of hydrogen-bond donors (Lipinski definition) is 0. The monoisotopic (exact) mass is 270 g/mol. The Labute approximate surface area is 108 Å². The average Bonchev–Trinajstić information content (AvgIpc) is 2.38. The molecule has 0 radical (unpaired) electrons. The summed E-state index contributed by atoms with van der Waals surface area (Å²) in [7, 11) is 0. The van der Waals surface area contributed by atoms with Gasteiger partial charge in [0.05, 0.1) is 10.9 Å². The van der Waals surface area contributed by atoms with Crippen molar-refractivity contribution < 1.29 is 13.2 Å². The molecule has 1 atom stereocenters. The molecule has 18 heavy (non-hydrogen) atoms. The Balaban J connectivity index is 2.25. The van der Waals surface area contributed by atoms with Crippen LogP contribution in [-0.2, 0) is 6.18 Å². The minimum atomic E-state index is -4.31. The standard InChI is InChI=1S/C14H10ClF3/c15-13(10-4-2-1-3-5-10)11-6-8-12(9-7-11)14(16,17)18/h1-9,13H/t13-/m1/s1. The summed E-state index contributed by atoms with van der Waals surface area (Å²) in [6, 6.07) is 14.1. The molecule has 0 saturated carbocycles. The van der Waals surface area contributed by atoms with Crippen LogP contribution in [0.1, 0.15) is 22.1 Å². The molecule has 0 saturated heterocycles. The number of hydrogen-bond acceptors (Lipinski definition) is 0.